The van der Waals surface area contributed by atoms with E-state index in [4.69, 9.17) is 4.74 Å². The van der Waals surface area contributed by atoms with Crippen molar-refractivity contribution >= 4 is 5.69 Å². The molecule has 1 N–H and O–H groups in total. The van der Waals surface area contributed by atoms with Crippen molar-refractivity contribution < 1.29 is 4.74 Å². The number of anilines is 1. The third-order valence-corrected chi connectivity index (χ3v) is 4.13. The fourth-order valence-corrected chi connectivity index (χ4v) is 3.08. The van der Waals surface area contributed by atoms with Crippen molar-refractivity contribution in [2.75, 3.05) is 24.5 Å². The molecule has 1 aromatic heterocycles. The van der Waals surface area contributed by atoms with Gasteiger partial charge in [0, 0.05) is 19.1 Å². The lowest BCUT2D eigenvalue weighted by Crippen LogP contribution is -2.42. The molecule has 2 saturated heterocycles. The molecular weight excluding hydrogens is 238 g/mol. The highest BCUT2D eigenvalue weighted by molar-refractivity contribution is 5.46. The van der Waals surface area contributed by atoms with Gasteiger partial charge >= 0.3 is 0 Å². The molecule has 0 radical (unpaired) electrons. The maximum atomic E-state index is 5.87. The predicted octanol–water partition coefficient (Wildman–Crippen LogP) is 2.12. The van der Waals surface area contributed by atoms with Crippen molar-refractivity contribution in [3.63, 3.8) is 0 Å². The molecule has 3 rings (SSSR count). The largest absolute Gasteiger partial charge is 0.371 e. The second-order valence-corrected chi connectivity index (χ2v) is 5.58. The summed E-state index contributed by atoms with van der Waals surface area (Å²) < 4.78 is 5.87. The number of hydrogen-bond acceptors (Lipinski definition) is 4. The summed E-state index contributed by atoms with van der Waals surface area (Å²) in [5.41, 5.74) is 2.34. The Morgan fingerprint density at radius 2 is 2.11 bits per heavy atom. The standard InChI is InChI=1S/C15H23N3O/c1-3-16-11(2)15-7-4-12(8-17-15)18-9-13-5-6-14(10-18)19-13/h4,7-8,11,13-14,16H,3,5-6,9-10H2,1-2H3. The van der Waals surface area contributed by atoms with Crippen molar-refractivity contribution in [1.29, 1.82) is 0 Å². The quantitative estimate of drug-likeness (QED) is 0.901. The molecule has 4 nitrogen and oxygen atoms in total. The van der Waals surface area contributed by atoms with Crippen LogP contribution in [-0.2, 0) is 4.74 Å². The molecule has 2 aliphatic heterocycles. The molecule has 2 bridgehead atoms. The van der Waals surface area contributed by atoms with E-state index in [0.29, 0.717) is 18.2 Å². The highest BCUT2D eigenvalue weighted by atomic mass is 16.5. The number of aromatic nitrogens is 1. The summed E-state index contributed by atoms with van der Waals surface area (Å²) in [4.78, 5) is 7.02. The zero-order valence-corrected chi connectivity index (χ0v) is 11.8. The van der Waals surface area contributed by atoms with Crippen LogP contribution in [0.3, 0.4) is 0 Å². The molecule has 4 heteroatoms. The maximum absolute atomic E-state index is 5.87. The van der Waals surface area contributed by atoms with Crippen LogP contribution in [0.4, 0.5) is 5.69 Å². The average Bonchev–Trinajstić information content (AvgIpc) is 2.78. The Bertz CT molecular complexity index is 408. The molecule has 3 atom stereocenters. The first kappa shape index (κ1) is 12.9. The van der Waals surface area contributed by atoms with E-state index in [-0.39, 0.29) is 0 Å². The van der Waals surface area contributed by atoms with Crippen LogP contribution in [0.1, 0.15) is 38.4 Å². The lowest BCUT2D eigenvalue weighted by molar-refractivity contribution is 0.0305. The molecular formula is C15H23N3O. The van der Waals surface area contributed by atoms with Crippen LogP contribution in [0, 0.1) is 0 Å². The zero-order chi connectivity index (χ0) is 13.2. The molecule has 0 spiro atoms. The second kappa shape index (κ2) is 5.47. The van der Waals surface area contributed by atoms with E-state index in [0.717, 1.165) is 25.3 Å². The molecule has 2 fully saturated rings. The highest BCUT2D eigenvalue weighted by Crippen LogP contribution is 2.29. The minimum Gasteiger partial charge on any atom is -0.371 e. The van der Waals surface area contributed by atoms with Gasteiger partial charge in [-0.25, -0.2) is 0 Å². The molecule has 0 saturated carbocycles. The van der Waals surface area contributed by atoms with Gasteiger partial charge < -0.3 is 15.0 Å². The van der Waals surface area contributed by atoms with Crippen molar-refractivity contribution in [3.8, 4) is 0 Å². The molecule has 0 aromatic carbocycles. The Hall–Kier alpha value is -1.13. The summed E-state index contributed by atoms with van der Waals surface area (Å²) in [7, 11) is 0. The summed E-state index contributed by atoms with van der Waals surface area (Å²) >= 11 is 0. The topological polar surface area (TPSA) is 37.4 Å². The molecule has 1 aromatic rings. The Morgan fingerprint density at radius 3 is 2.68 bits per heavy atom. The van der Waals surface area contributed by atoms with E-state index < -0.39 is 0 Å². The molecule has 104 valence electrons. The van der Waals surface area contributed by atoms with Gasteiger partial charge in [-0.3, -0.25) is 4.98 Å². The van der Waals surface area contributed by atoms with E-state index in [1.54, 1.807) is 0 Å². The van der Waals surface area contributed by atoms with Crippen LogP contribution in [0.5, 0.6) is 0 Å². The number of ether oxygens (including phenoxy) is 1. The Balaban J connectivity index is 1.68. The highest BCUT2D eigenvalue weighted by Gasteiger charge is 2.33. The van der Waals surface area contributed by atoms with Gasteiger partial charge in [0.2, 0.25) is 0 Å². The zero-order valence-electron chi connectivity index (χ0n) is 11.8. The number of nitrogens with one attached hydrogen (secondary N) is 1. The van der Waals surface area contributed by atoms with Gasteiger partial charge in [0.15, 0.2) is 0 Å². The number of morpholine rings is 1. The van der Waals surface area contributed by atoms with Gasteiger partial charge in [0.25, 0.3) is 0 Å². The number of fused-ring (bicyclic) bond motifs is 2. The molecule has 3 heterocycles. The SMILES string of the molecule is CCNC(C)c1ccc(N2CC3CCC(C2)O3)cn1. The summed E-state index contributed by atoms with van der Waals surface area (Å²) in [6, 6.07) is 4.65. The fourth-order valence-electron chi connectivity index (χ4n) is 3.08. The molecule has 0 amide bonds. The lowest BCUT2D eigenvalue weighted by atomic mass is 10.2. The molecule has 0 aliphatic carbocycles. The van der Waals surface area contributed by atoms with Crippen LogP contribution < -0.4 is 10.2 Å². The van der Waals surface area contributed by atoms with Gasteiger partial charge in [-0.2, -0.15) is 0 Å². The minimum atomic E-state index is 0.319. The van der Waals surface area contributed by atoms with Gasteiger partial charge in [-0.15, -0.1) is 0 Å². The van der Waals surface area contributed by atoms with E-state index in [1.165, 1.54) is 18.5 Å². The first-order chi connectivity index (χ1) is 9.26. The first-order valence-electron chi connectivity index (χ1n) is 7.36. The fraction of sp³-hybridized carbons (Fsp3) is 0.667. The average molecular weight is 261 g/mol. The van der Waals surface area contributed by atoms with Gasteiger partial charge in [-0.1, -0.05) is 6.92 Å². The minimum absolute atomic E-state index is 0.319. The van der Waals surface area contributed by atoms with E-state index in [9.17, 15) is 0 Å². The number of pyridine rings is 1. The van der Waals surface area contributed by atoms with Gasteiger partial charge in [-0.05, 0) is 38.4 Å². The van der Waals surface area contributed by atoms with Crippen LogP contribution in [0.2, 0.25) is 0 Å². The van der Waals surface area contributed by atoms with Crippen molar-refractivity contribution in [2.45, 2.75) is 44.9 Å². The second-order valence-electron chi connectivity index (χ2n) is 5.58. The maximum Gasteiger partial charge on any atom is 0.0755 e. The number of nitrogens with zero attached hydrogens (tertiary/aromatic N) is 2. The third kappa shape index (κ3) is 2.74. The summed E-state index contributed by atoms with van der Waals surface area (Å²) in [5.74, 6) is 0. The smallest absolute Gasteiger partial charge is 0.0755 e. The van der Waals surface area contributed by atoms with Crippen LogP contribution in [0.15, 0.2) is 18.3 Å². The van der Waals surface area contributed by atoms with Crippen LogP contribution in [-0.4, -0.2) is 36.8 Å². The monoisotopic (exact) mass is 261 g/mol. The Labute approximate surface area is 115 Å². The molecule has 19 heavy (non-hydrogen) atoms. The van der Waals surface area contributed by atoms with Gasteiger partial charge in [0.05, 0.1) is 29.8 Å². The van der Waals surface area contributed by atoms with E-state index >= 15 is 0 Å². The van der Waals surface area contributed by atoms with Crippen molar-refractivity contribution in [3.05, 3.63) is 24.0 Å². The van der Waals surface area contributed by atoms with Crippen molar-refractivity contribution in [2.24, 2.45) is 0 Å². The first-order valence-corrected chi connectivity index (χ1v) is 7.36. The summed E-state index contributed by atoms with van der Waals surface area (Å²) in [5, 5.41) is 3.39. The normalized spacial score (nSPS) is 27.6. The number of hydrogen-bond donors (Lipinski definition) is 1. The predicted molar refractivity (Wildman–Crippen MR) is 76.4 cm³/mol. The Kier molecular flexibility index (Phi) is 3.71. The molecule has 2 aliphatic rings. The van der Waals surface area contributed by atoms with Gasteiger partial charge in [0.1, 0.15) is 0 Å². The van der Waals surface area contributed by atoms with Crippen LogP contribution in [0.25, 0.3) is 0 Å². The number of rotatable bonds is 4. The lowest BCUT2D eigenvalue weighted by Gasteiger charge is -2.33. The Morgan fingerprint density at radius 1 is 1.37 bits per heavy atom. The van der Waals surface area contributed by atoms with E-state index in [2.05, 4.69) is 41.2 Å². The van der Waals surface area contributed by atoms with Crippen LogP contribution >= 0.6 is 0 Å². The molecule has 3 unspecified atom stereocenters. The van der Waals surface area contributed by atoms with E-state index in [1.807, 2.05) is 6.20 Å². The summed E-state index contributed by atoms with van der Waals surface area (Å²) in [6.45, 7) is 7.27. The third-order valence-electron chi connectivity index (χ3n) is 4.13. The summed E-state index contributed by atoms with van der Waals surface area (Å²) in [6.07, 6.45) is 5.29. The van der Waals surface area contributed by atoms with Crippen molar-refractivity contribution in [1.82, 2.24) is 10.3 Å².